The van der Waals surface area contributed by atoms with Crippen molar-refractivity contribution in [1.82, 2.24) is 0 Å². The molecule has 0 aliphatic carbocycles. The molecule has 0 aliphatic heterocycles. The number of hydrogen-bond donors (Lipinski definition) is 0. The van der Waals surface area contributed by atoms with Crippen LogP contribution in [0.1, 0.15) is 13.8 Å². The van der Waals surface area contributed by atoms with Gasteiger partial charge in [-0.2, -0.15) is 4.20 Å². The summed E-state index contributed by atoms with van der Waals surface area (Å²) in [5, 5.41) is 0. The molecule has 0 bridgehead atoms. The largest absolute Gasteiger partial charge is 0.364 e. The molecule has 1 atom stereocenters. The standard InChI is InChI=1S/C4H10FO2P.ClH/c1-4(2)7-8(3,5)6;/h4H,1-3H3;1H. The van der Waals surface area contributed by atoms with E-state index in [1.807, 2.05) is 0 Å². The van der Waals surface area contributed by atoms with E-state index >= 15 is 0 Å². The van der Waals surface area contributed by atoms with Gasteiger partial charge in [-0.25, -0.2) is 0 Å². The maximum absolute atomic E-state index is 12.0. The topological polar surface area (TPSA) is 26.3 Å². The first-order chi connectivity index (χ1) is 3.42. The van der Waals surface area contributed by atoms with E-state index in [1.165, 1.54) is 0 Å². The Morgan fingerprint density at radius 1 is 1.56 bits per heavy atom. The van der Waals surface area contributed by atoms with Crippen LogP contribution in [0.15, 0.2) is 0 Å². The minimum atomic E-state index is -3.72. The molecule has 0 fully saturated rings. The van der Waals surface area contributed by atoms with Crippen molar-refractivity contribution in [2.45, 2.75) is 20.0 Å². The van der Waals surface area contributed by atoms with Crippen LogP contribution < -0.4 is 0 Å². The van der Waals surface area contributed by atoms with Crippen molar-refractivity contribution in [3.63, 3.8) is 0 Å². The van der Waals surface area contributed by atoms with Gasteiger partial charge in [0.05, 0.1) is 6.10 Å². The summed E-state index contributed by atoms with van der Waals surface area (Å²) in [6, 6.07) is 0. The Morgan fingerprint density at radius 2 is 1.89 bits per heavy atom. The molecule has 0 radical (unpaired) electrons. The van der Waals surface area contributed by atoms with Gasteiger partial charge < -0.3 is 4.52 Å². The fraction of sp³-hybridized carbons (Fsp3) is 1.00. The monoisotopic (exact) mass is 176 g/mol. The summed E-state index contributed by atoms with van der Waals surface area (Å²) in [7, 11) is -3.72. The zero-order valence-electron chi connectivity index (χ0n) is 5.63. The van der Waals surface area contributed by atoms with E-state index in [0.717, 1.165) is 6.66 Å². The van der Waals surface area contributed by atoms with E-state index in [-0.39, 0.29) is 18.5 Å². The maximum atomic E-state index is 12.0. The lowest BCUT2D eigenvalue weighted by Gasteiger charge is -2.06. The van der Waals surface area contributed by atoms with Crippen molar-refractivity contribution in [3.8, 4) is 0 Å². The van der Waals surface area contributed by atoms with Gasteiger partial charge in [0.2, 0.25) is 0 Å². The average molecular weight is 177 g/mol. The van der Waals surface area contributed by atoms with E-state index in [1.54, 1.807) is 13.8 Å². The van der Waals surface area contributed by atoms with Gasteiger partial charge in [0, 0.05) is 6.66 Å². The SMILES string of the molecule is CC(C)OP(C)(=O)F.Cl. The molecule has 0 spiro atoms. The van der Waals surface area contributed by atoms with Crippen LogP contribution in [0.3, 0.4) is 0 Å². The van der Waals surface area contributed by atoms with Crippen molar-refractivity contribution in [2.24, 2.45) is 0 Å². The highest BCUT2D eigenvalue weighted by atomic mass is 35.5. The molecular formula is C4H11ClFO2P. The third-order valence-corrected chi connectivity index (χ3v) is 1.20. The molecule has 0 aromatic carbocycles. The minimum Gasteiger partial charge on any atom is -0.303 e. The van der Waals surface area contributed by atoms with Gasteiger partial charge in [0.25, 0.3) is 0 Å². The van der Waals surface area contributed by atoms with Crippen molar-refractivity contribution < 1.29 is 13.3 Å². The van der Waals surface area contributed by atoms with Crippen molar-refractivity contribution in [1.29, 1.82) is 0 Å². The molecule has 0 aromatic heterocycles. The van der Waals surface area contributed by atoms with Crippen LogP contribution in [0, 0.1) is 0 Å². The summed E-state index contributed by atoms with van der Waals surface area (Å²) >= 11 is 0. The Balaban J connectivity index is 0. The third-order valence-electron chi connectivity index (χ3n) is 0.399. The molecule has 0 aromatic rings. The Kier molecular flexibility index (Phi) is 5.74. The summed E-state index contributed by atoms with van der Waals surface area (Å²) in [6.07, 6.45) is -0.296. The number of halogens is 2. The van der Waals surface area contributed by atoms with Gasteiger partial charge in [-0.3, -0.25) is 4.57 Å². The first-order valence-corrected chi connectivity index (χ1v) is 4.33. The van der Waals surface area contributed by atoms with Crippen LogP contribution in [0.4, 0.5) is 4.20 Å². The second kappa shape index (κ2) is 4.26. The molecule has 0 amide bonds. The predicted octanol–water partition coefficient (Wildman–Crippen LogP) is 2.63. The van der Waals surface area contributed by atoms with Crippen LogP contribution in [0.2, 0.25) is 0 Å². The summed E-state index contributed by atoms with van der Waals surface area (Å²) in [6.45, 7) is 4.22. The van der Waals surface area contributed by atoms with E-state index in [9.17, 15) is 8.76 Å². The van der Waals surface area contributed by atoms with Gasteiger partial charge in [-0.15, -0.1) is 12.4 Å². The second-order valence-electron chi connectivity index (χ2n) is 1.90. The summed E-state index contributed by atoms with van der Waals surface area (Å²) in [4.78, 5) is 0. The molecule has 2 nitrogen and oxygen atoms in total. The molecule has 0 heterocycles. The lowest BCUT2D eigenvalue weighted by atomic mass is 10.5. The number of rotatable bonds is 2. The lowest BCUT2D eigenvalue weighted by molar-refractivity contribution is 0.227. The minimum absolute atomic E-state index is 0. The lowest BCUT2D eigenvalue weighted by Crippen LogP contribution is -1.96. The fourth-order valence-corrected chi connectivity index (χ4v) is 1.13. The Morgan fingerprint density at radius 3 is 1.89 bits per heavy atom. The molecule has 58 valence electrons. The quantitative estimate of drug-likeness (QED) is 0.605. The maximum Gasteiger partial charge on any atom is 0.364 e. The second-order valence-corrected chi connectivity index (χ2v) is 3.61. The van der Waals surface area contributed by atoms with E-state index in [2.05, 4.69) is 4.52 Å². The van der Waals surface area contributed by atoms with Gasteiger partial charge in [-0.05, 0) is 13.8 Å². The van der Waals surface area contributed by atoms with Gasteiger partial charge >= 0.3 is 7.68 Å². The molecule has 0 aliphatic rings. The molecule has 0 saturated carbocycles. The molecule has 9 heavy (non-hydrogen) atoms. The highest BCUT2D eigenvalue weighted by Gasteiger charge is 2.13. The third kappa shape index (κ3) is 11.8. The highest BCUT2D eigenvalue weighted by Crippen LogP contribution is 2.44. The zero-order chi connectivity index (χ0) is 6.78. The zero-order valence-corrected chi connectivity index (χ0v) is 7.34. The van der Waals surface area contributed by atoms with Crippen LogP contribution in [0.5, 0.6) is 0 Å². The normalized spacial score (nSPS) is 16.6. The smallest absolute Gasteiger partial charge is 0.303 e. The van der Waals surface area contributed by atoms with Gasteiger partial charge in [-0.1, -0.05) is 0 Å². The van der Waals surface area contributed by atoms with Crippen LogP contribution >= 0.6 is 20.1 Å². The molecule has 0 N–H and O–H groups in total. The highest BCUT2D eigenvalue weighted by molar-refractivity contribution is 7.52. The summed E-state index contributed by atoms with van der Waals surface area (Å²) in [5.41, 5.74) is 0. The van der Waals surface area contributed by atoms with E-state index in [4.69, 9.17) is 0 Å². The Bertz CT molecular complexity index is 111. The molecule has 0 rings (SSSR count). The van der Waals surface area contributed by atoms with E-state index in [0.29, 0.717) is 0 Å². The van der Waals surface area contributed by atoms with Crippen LogP contribution in [-0.2, 0) is 9.09 Å². The molecule has 1 unspecified atom stereocenters. The summed E-state index contributed by atoms with van der Waals surface area (Å²) in [5.74, 6) is 0. The molecular weight excluding hydrogens is 165 g/mol. The first kappa shape index (κ1) is 12.1. The van der Waals surface area contributed by atoms with Crippen LogP contribution in [0.25, 0.3) is 0 Å². The average Bonchev–Trinajstić information content (AvgIpc) is 1.21. The predicted molar refractivity (Wildman–Crippen MR) is 38.1 cm³/mol. The summed E-state index contributed by atoms with van der Waals surface area (Å²) < 4.78 is 26.4. The Hall–Kier alpha value is 0.410. The Labute approximate surface area is 60.8 Å². The fourth-order valence-electron chi connectivity index (χ4n) is 0.377. The van der Waals surface area contributed by atoms with Crippen molar-refractivity contribution in [2.75, 3.05) is 6.66 Å². The van der Waals surface area contributed by atoms with Crippen LogP contribution in [-0.4, -0.2) is 12.8 Å². The van der Waals surface area contributed by atoms with Gasteiger partial charge in [0.1, 0.15) is 0 Å². The van der Waals surface area contributed by atoms with Crippen molar-refractivity contribution in [3.05, 3.63) is 0 Å². The molecule has 0 saturated heterocycles. The first-order valence-electron chi connectivity index (χ1n) is 2.37. The van der Waals surface area contributed by atoms with Crippen molar-refractivity contribution >= 4 is 20.1 Å². The number of hydrogen-bond acceptors (Lipinski definition) is 2. The van der Waals surface area contributed by atoms with Gasteiger partial charge in [0.15, 0.2) is 0 Å². The van der Waals surface area contributed by atoms with E-state index < -0.39 is 7.68 Å². The molecule has 5 heteroatoms.